The minimum Gasteiger partial charge on any atom is -0.354 e. The number of carbonyl (C=O) groups excluding carboxylic acids is 2. The first-order valence-corrected chi connectivity index (χ1v) is 8.52. The number of thiophene rings is 1. The van der Waals surface area contributed by atoms with Gasteiger partial charge in [0.15, 0.2) is 0 Å². The van der Waals surface area contributed by atoms with E-state index in [0.717, 1.165) is 38.6 Å². The maximum absolute atomic E-state index is 12.5. The standard InChI is InChI=1S/C15H21N3O2S/c19-14-11(5-1-2-8-16-14)17-15(20)18-9-3-6-12(18)13-7-4-10-21-13/h4,7,10-12H,1-3,5-6,8-9H2,(H,16,19)(H,17,20)/t11-,12-/m0/s1. The van der Waals surface area contributed by atoms with Gasteiger partial charge in [0.1, 0.15) is 6.04 Å². The molecule has 2 fully saturated rings. The highest BCUT2D eigenvalue weighted by Gasteiger charge is 2.32. The second-order valence-corrected chi connectivity index (χ2v) is 6.63. The summed E-state index contributed by atoms with van der Waals surface area (Å²) in [6.45, 7) is 1.48. The van der Waals surface area contributed by atoms with Crippen molar-refractivity contribution in [3.05, 3.63) is 22.4 Å². The molecule has 3 heterocycles. The van der Waals surface area contributed by atoms with Gasteiger partial charge in [-0.3, -0.25) is 4.79 Å². The van der Waals surface area contributed by atoms with Crippen LogP contribution in [-0.2, 0) is 4.79 Å². The van der Waals surface area contributed by atoms with Crippen molar-refractivity contribution in [3.8, 4) is 0 Å². The van der Waals surface area contributed by atoms with Gasteiger partial charge in [-0.25, -0.2) is 4.79 Å². The molecule has 0 bridgehead atoms. The quantitative estimate of drug-likeness (QED) is 0.880. The van der Waals surface area contributed by atoms with E-state index in [1.54, 1.807) is 11.3 Å². The molecule has 2 saturated heterocycles. The van der Waals surface area contributed by atoms with Crippen molar-refractivity contribution in [2.45, 2.75) is 44.2 Å². The predicted molar refractivity (Wildman–Crippen MR) is 82.2 cm³/mol. The number of carbonyl (C=O) groups is 2. The maximum atomic E-state index is 12.5. The molecule has 21 heavy (non-hydrogen) atoms. The summed E-state index contributed by atoms with van der Waals surface area (Å²) in [5.74, 6) is -0.0484. The molecule has 2 N–H and O–H groups in total. The number of nitrogens with one attached hydrogen (secondary N) is 2. The van der Waals surface area contributed by atoms with Crippen molar-refractivity contribution in [1.82, 2.24) is 15.5 Å². The molecular weight excluding hydrogens is 286 g/mol. The van der Waals surface area contributed by atoms with Gasteiger partial charge in [0.25, 0.3) is 0 Å². The maximum Gasteiger partial charge on any atom is 0.318 e. The van der Waals surface area contributed by atoms with E-state index in [-0.39, 0.29) is 24.0 Å². The number of likely N-dealkylation sites (tertiary alicyclic amines) is 1. The van der Waals surface area contributed by atoms with Crippen molar-refractivity contribution in [3.63, 3.8) is 0 Å². The van der Waals surface area contributed by atoms with Crippen LogP contribution in [0.5, 0.6) is 0 Å². The first-order chi connectivity index (χ1) is 10.3. The van der Waals surface area contributed by atoms with Gasteiger partial charge in [-0.1, -0.05) is 6.07 Å². The third kappa shape index (κ3) is 3.20. The SMILES string of the molecule is O=C1NCCCC[C@@H]1NC(=O)N1CCC[C@H]1c1cccs1. The van der Waals surface area contributed by atoms with Crippen LogP contribution in [0.4, 0.5) is 4.79 Å². The van der Waals surface area contributed by atoms with Crippen molar-refractivity contribution in [2.24, 2.45) is 0 Å². The lowest BCUT2D eigenvalue weighted by atomic mass is 10.1. The molecule has 0 radical (unpaired) electrons. The van der Waals surface area contributed by atoms with Crippen LogP contribution in [-0.4, -0.2) is 36.0 Å². The Hall–Kier alpha value is -1.56. The van der Waals surface area contributed by atoms with E-state index in [1.165, 1.54) is 4.88 Å². The number of hydrogen-bond acceptors (Lipinski definition) is 3. The van der Waals surface area contributed by atoms with Crippen LogP contribution >= 0.6 is 11.3 Å². The van der Waals surface area contributed by atoms with Gasteiger partial charge in [-0.2, -0.15) is 0 Å². The van der Waals surface area contributed by atoms with E-state index in [0.29, 0.717) is 6.54 Å². The molecule has 1 aromatic heterocycles. The lowest BCUT2D eigenvalue weighted by Crippen LogP contribution is -2.50. The molecule has 1 aromatic rings. The van der Waals surface area contributed by atoms with Gasteiger partial charge in [-0.15, -0.1) is 11.3 Å². The van der Waals surface area contributed by atoms with E-state index < -0.39 is 0 Å². The minimum atomic E-state index is -0.385. The van der Waals surface area contributed by atoms with Crippen LogP contribution in [0.2, 0.25) is 0 Å². The molecule has 0 aliphatic carbocycles. The van der Waals surface area contributed by atoms with E-state index >= 15 is 0 Å². The smallest absolute Gasteiger partial charge is 0.318 e. The molecule has 2 aliphatic rings. The Kier molecular flexibility index (Phi) is 4.43. The summed E-state index contributed by atoms with van der Waals surface area (Å²) in [6.07, 6.45) is 4.71. The molecular formula is C15H21N3O2S. The fourth-order valence-corrected chi connectivity index (χ4v) is 3.97. The summed E-state index contributed by atoms with van der Waals surface area (Å²) in [5.41, 5.74) is 0. The Morgan fingerprint density at radius 1 is 1.33 bits per heavy atom. The first-order valence-electron chi connectivity index (χ1n) is 7.64. The van der Waals surface area contributed by atoms with Gasteiger partial charge in [-0.05, 0) is 43.6 Å². The third-order valence-corrected chi connectivity index (χ3v) is 5.19. The average molecular weight is 307 g/mol. The number of hydrogen-bond donors (Lipinski definition) is 2. The van der Waals surface area contributed by atoms with E-state index in [4.69, 9.17) is 0 Å². The number of nitrogens with zero attached hydrogens (tertiary/aromatic N) is 1. The third-order valence-electron chi connectivity index (χ3n) is 4.22. The van der Waals surface area contributed by atoms with Crippen molar-refractivity contribution in [2.75, 3.05) is 13.1 Å². The van der Waals surface area contributed by atoms with Crippen LogP contribution in [0.3, 0.4) is 0 Å². The molecule has 0 aromatic carbocycles. The van der Waals surface area contributed by atoms with Crippen LogP contribution < -0.4 is 10.6 Å². The molecule has 2 atom stereocenters. The van der Waals surface area contributed by atoms with Gasteiger partial charge < -0.3 is 15.5 Å². The topological polar surface area (TPSA) is 61.4 Å². The summed E-state index contributed by atoms with van der Waals surface area (Å²) in [7, 11) is 0. The lowest BCUT2D eigenvalue weighted by molar-refractivity contribution is -0.122. The summed E-state index contributed by atoms with van der Waals surface area (Å²) in [6, 6.07) is 3.78. The fourth-order valence-electron chi connectivity index (χ4n) is 3.10. The fraction of sp³-hybridized carbons (Fsp3) is 0.600. The first kappa shape index (κ1) is 14.4. The zero-order valence-electron chi connectivity index (χ0n) is 12.0. The average Bonchev–Trinajstić information content (AvgIpc) is 3.12. The largest absolute Gasteiger partial charge is 0.354 e. The molecule has 0 saturated carbocycles. The summed E-state index contributed by atoms with van der Waals surface area (Å²) < 4.78 is 0. The van der Waals surface area contributed by atoms with Gasteiger partial charge in [0.05, 0.1) is 6.04 Å². The van der Waals surface area contributed by atoms with Gasteiger partial charge in [0.2, 0.25) is 5.91 Å². The van der Waals surface area contributed by atoms with Crippen LogP contribution in [0, 0.1) is 0 Å². The Balaban J connectivity index is 1.65. The molecule has 6 heteroatoms. The molecule has 3 rings (SSSR count). The highest BCUT2D eigenvalue weighted by atomic mass is 32.1. The summed E-state index contributed by atoms with van der Waals surface area (Å²) >= 11 is 1.69. The highest BCUT2D eigenvalue weighted by molar-refractivity contribution is 7.10. The Morgan fingerprint density at radius 2 is 2.24 bits per heavy atom. The predicted octanol–water partition coefficient (Wildman–Crippen LogP) is 2.26. The minimum absolute atomic E-state index is 0.0484. The van der Waals surface area contributed by atoms with Crippen molar-refractivity contribution < 1.29 is 9.59 Å². The normalized spacial score (nSPS) is 26.3. The van der Waals surface area contributed by atoms with Gasteiger partial charge >= 0.3 is 6.03 Å². The molecule has 0 spiro atoms. The van der Waals surface area contributed by atoms with Gasteiger partial charge in [0, 0.05) is 18.0 Å². The van der Waals surface area contributed by atoms with Crippen LogP contribution in [0.1, 0.15) is 43.0 Å². The second-order valence-electron chi connectivity index (χ2n) is 5.66. The molecule has 3 amide bonds. The number of urea groups is 1. The second kappa shape index (κ2) is 6.47. The monoisotopic (exact) mass is 307 g/mol. The Bertz CT molecular complexity index is 503. The zero-order chi connectivity index (χ0) is 14.7. The van der Waals surface area contributed by atoms with Crippen molar-refractivity contribution in [1.29, 1.82) is 0 Å². The molecule has 0 unspecified atom stereocenters. The Morgan fingerprint density at radius 3 is 3.05 bits per heavy atom. The number of rotatable bonds is 2. The molecule has 114 valence electrons. The van der Waals surface area contributed by atoms with Crippen LogP contribution in [0.15, 0.2) is 17.5 Å². The zero-order valence-corrected chi connectivity index (χ0v) is 12.8. The summed E-state index contributed by atoms with van der Waals surface area (Å²) in [4.78, 5) is 27.6. The van der Waals surface area contributed by atoms with E-state index in [9.17, 15) is 9.59 Å². The van der Waals surface area contributed by atoms with Crippen LogP contribution in [0.25, 0.3) is 0 Å². The Labute approximate surface area is 128 Å². The highest BCUT2D eigenvalue weighted by Crippen LogP contribution is 2.34. The van der Waals surface area contributed by atoms with Crippen molar-refractivity contribution >= 4 is 23.3 Å². The molecule has 2 aliphatic heterocycles. The molecule has 5 nitrogen and oxygen atoms in total. The lowest BCUT2D eigenvalue weighted by Gasteiger charge is -2.26. The van der Waals surface area contributed by atoms with E-state index in [1.807, 2.05) is 16.3 Å². The number of amides is 3. The van der Waals surface area contributed by atoms with E-state index in [2.05, 4.69) is 16.7 Å². The summed E-state index contributed by atoms with van der Waals surface area (Å²) in [5, 5.41) is 7.83.